The Hall–Kier alpha value is -3.55. The Morgan fingerprint density at radius 1 is 1.03 bits per heavy atom. The summed E-state index contributed by atoms with van der Waals surface area (Å²) in [5, 5.41) is 14.5. The molecule has 2 atom stereocenters. The Balaban J connectivity index is 1.55. The van der Waals surface area contributed by atoms with E-state index in [2.05, 4.69) is 56.3 Å². The fourth-order valence-electron chi connectivity index (χ4n) is 5.76. The molecule has 2 unspecified atom stereocenters. The van der Waals surface area contributed by atoms with Crippen LogP contribution in [0.15, 0.2) is 53.7 Å². The van der Waals surface area contributed by atoms with Crippen LogP contribution < -0.4 is 5.69 Å². The van der Waals surface area contributed by atoms with Gasteiger partial charge in [0.15, 0.2) is 5.82 Å². The SMILES string of the molecule is CCCCc1cn(C2CCCCCCC2C)c(=O)n1Cc1cnccc1-c1ccccc1-c1nnn[nH]1. The molecule has 0 bridgehead atoms. The van der Waals surface area contributed by atoms with Crippen molar-refractivity contribution in [3.63, 3.8) is 0 Å². The highest BCUT2D eigenvalue weighted by atomic mass is 16.1. The fraction of sp³-hybridized carbons (Fsp3) is 0.483. The first-order valence-electron chi connectivity index (χ1n) is 13.7. The summed E-state index contributed by atoms with van der Waals surface area (Å²) < 4.78 is 4.05. The quantitative estimate of drug-likeness (QED) is 0.330. The number of benzene rings is 1. The molecule has 8 nitrogen and oxygen atoms in total. The van der Waals surface area contributed by atoms with E-state index in [1.54, 1.807) is 6.20 Å². The maximum absolute atomic E-state index is 14.0. The van der Waals surface area contributed by atoms with E-state index >= 15 is 0 Å². The summed E-state index contributed by atoms with van der Waals surface area (Å²) in [6.07, 6.45) is 16.2. The zero-order chi connectivity index (χ0) is 25.6. The van der Waals surface area contributed by atoms with Gasteiger partial charge in [-0.1, -0.05) is 70.2 Å². The van der Waals surface area contributed by atoms with Gasteiger partial charge in [-0.2, -0.15) is 0 Å². The maximum Gasteiger partial charge on any atom is 0.328 e. The zero-order valence-electron chi connectivity index (χ0n) is 21.9. The molecule has 0 saturated heterocycles. The number of aromatic nitrogens is 7. The van der Waals surface area contributed by atoms with Gasteiger partial charge in [0.2, 0.25) is 0 Å². The van der Waals surface area contributed by atoms with Crippen molar-refractivity contribution in [1.29, 1.82) is 0 Å². The summed E-state index contributed by atoms with van der Waals surface area (Å²) in [7, 11) is 0. The Bertz CT molecular complexity index is 1350. The molecule has 3 aromatic heterocycles. The van der Waals surface area contributed by atoms with Gasteiger partial charge in [0.05, 0.1) is 6.54 Å². The van der Waals surface area contributed by atoms with Crippen LogP contribution in [0.4, 0.5) is 0 Å². The monoisotopic (exact) mass is 499 g/mol. The minimum absolute atomic E-state index is 0.103. The highest BCUT2D eigenvalue weighted by Gasteiger charge is 2.25. The molecule has 37 heavy (non-hydrogen) atoms. The van der Waals surface area contributed by atoms with Crippen LogP contribution in [-0.4, -0.2) is 34.7 Å². The highest BCUT2D eigenvalue weighted by Crippen LogP contribution is 2.33. The smallest absolute Gasteiger partial charge is 0.296 e. The summed E-state index contributed by atoms with van der Waals surface area (Å²) in [4.78, 5) is 18.4. The van der Waals surface area contributed by atoms with Gasteiger partial charge < -0.3 is 0 Å². The number of rotatable bonds is 8. The molecule has 0 radical (unpaired) electrons. The number of unbranched alkanes of at least 4 members (excludes halogenated alkanes) is 1. The van der Waals surface area contributed by atoms with Crippen LogP contribution in [-0.2, 0) is 13.0 Å². The largest absolute Gasteiger partial charge is 0.328 e. The van der Waals surface area contributed by atoms with Crippen LogP contribution in [0.5, 0.6) is 0 Å². The highest BCUT2D eigenvalue weighted by molar-refractivity contribution is 5.81. The summed E-state index contributed by atoms with van der Waals surface area (Å²) >= 11 is 0. The van der Waals surface area contributed by atoms with E-state index < -0.39 is 0 Å². The lowest BCUT2D eigenvalue weighted by atomic mass is 9.88. The molecule has 3 heterocycles. The average molecular weight is 500 g/mol. The third-order valence-electron chi connectivity index (χ3n) is 7.85. The molecule has 1 aliphatic rings. The Kier molecular flexibility index (Phi) is 7.92. The molecule has 5 rings (SSSR count). The van der Waals surface area contributed by atoms with Crippen molar-refractivity contribution in [2.45, 2.75) is 84.2 Å². The van der Waals surface area contributed by atoms with Crippen LogP contribution in [0.3, 0.4) is 0 Å². The van der Waals surface area contributed by atoms with Crippen LogP contribution >= 0.6 is 0 Å². The number of nitrogens with one attached hydrogen (secondary N) is 1. The van der Waals surface area contributed by atoms with Gasteiger partial charge in [-0.25, -0.2) is 9.89 Å². The van der Waals surface area contributed by atoms with E-state index in [4.69, 9.17) is 0 Å². The van der Waals surface area contributed by atoms with Crippen molar-refractivity contribution in [1.82, 2.24) is 34.7 Å². The van der Waals surface area contributed by atoms with E-state index in [9.17, 15) is 4.79 Å². The lowest BCUT2D eigenvalue weighted by Gasteiger charge is -2.27. The molecule has 0 amide bonds. The van der Waals surface area contributed by atoms with Crippen LogP contribution in [0, 0.1) is 5.92 Å². The second kappa shape index (κ2) is 11.7. The van der Waals surface area contributed by atoms with E-state index in [1.165, 1.54) is 32.1 Å². The number of imidazole rings is 1. The topological polar surface area (TPSA) is 94.3 Å². The number of tetrazole rings is 1. The van der Waals surface area contributed by atoms with Gasteiger partial charge >= 0.3 is 5.69 Å². The molecule has 0 aliphatic heterocycles. The standard InChI is InChI=1S/C29H37N7O/c1-3-4-12-23-20-36(27-15-8-6-5-7-11-21(27)2)29(37)35(23)19-22-18-30-17-16-24(22)25-13-9-10-14-26(25)28-31-33-34-32-28/h9-10,13-14,16-18,20-21,27H,3-8,11-12,15,19H2,1-2H3,(H,31,32,33,34). The van der Waals surface area contributed by atoms with Gasteiger partial charge in [-0.05, 0) is 64.8 Å². The second-order valence-electron chi connectivity index (χ2n) is 10.4. The lowest BCUT2D eigenvalue weighted by molar-refractivity contribution is 0.273. The number of aromatic amines is 1. The predicted octanol–water partition coefficient (Wildman–Crippen LogP) is 5.81. The Morgan fingerprint density at radius 3 is 2.62 bits per heavy atom. The number of H-pyrrole nitrogens is 1. The van der Waals surface area contributed by atoms with Crippen molar-refractivity contribution < 1.29 is 0 Å². The summed E-state index contributed by atoms with van der Waals surface area (Å²) in [5.74, 6) is 1.12. The molecular weight excluding hydrogens is 462 g/mol. The van der Waals surface area contributed by atoms with Crippen LogP contribution in [0.2, 0.25) is 0 Å². The van der Waals surface area contributed by atoms with Gasteiger partial charge in [-0.15, -0.1) is 5.10 Å². The number of pyridine rings is 1. The molecular formula is C29H37N7O. The van der Waals surface area contributed by atoms with Gasteiger partial charge in [0, 0.05) is 35.9 Å². The van der Waals surface area contributed by atoms with Gasteiger partial charge in [-0.3, -0.25) is 14.1 Å². The lowest BCUT2D eigenvalue weighted by Crippen LogP contribution is -2.31. The molecule has 1 aliphatic carbocycles. The average Bonchev–Trinajstić information content (AvgIpc) is 3.55. The first-order chi connectivity index (χ1) is 18.2. The summed E-state index contributed by atoms with van der Waals surface area (Å²) in [6, 6.07) is 10.3. The zero-order valence-corrected chi connectivity index (χ0v) is 21.9. The van der Waals surface area contributed by atoms with Crippen molar-refractivity contribution in [3.8, 4) is 22.5 Å². The molecule has 0 spiro atoms. The second-order valence-corrected chi connectivity index (χ2v) is 10.4. The minimum atomic E-state index is 0.103. The Morgan fingerprint density at radius 2 is 1.84 bits per heavy atom. The van der Waals surface area contributed by atoms with Crippen LogP contribution in [0.25, 0.3) is 22.5 Å². The predicted molar refractivity (Wildman–Crippen MR) is 145 cm³/mol. The van der Waals surface area contributed by atoms with Crippen molar-refractivity contribution in [2.75, 3.05) is 0 Å². The van der Waals surface area contributed by atoms with Crippen LogP contribution in [0.1, 0.15) is 82.5 Å². The minimum Gasteiger partial charge on any atom is -0.296 e. The fourth-order valence-corrected chi connectivity index (χ4v) is 5.76. The first-order valence-corrected chi connectivity index (χ1v) is 13.7. The van der Waals surface area contributed by atoms with Crippen molar-refractivity contribution >= 4 is 0 Å². The molecule has 1 fully saturated rings. The van der Waals surface area contributed by atoms with E-state index in [0.29, 0.717) is 18.3 Å². The first kappa shape index (κ1) is 25.1. The summed E-state index contributed by atoms with van der Waals surface area (Å²) in [5.41, 5.74) is 5.18. The maximum atomic E-state index is 14.0. The third-order valence-corrected chi connectivity index (χ3v) is 7.85. The van der Waals surface area contributed by atoms with E-state index in [-0.39, 0.29) is 11.7 Å². The van der Waals surface area contributed by atoms with E-state index in [0.717, 1.165) is 53.6 Å². The number of hydrogen-bond acceptors (Lipinski definition) is 5. The normalized spacial score (nSPS) is 18.4. The molecule has 8 heteroatoms. The molecule has 1 aromatic carbocycles. The molecule has 194 valence electrons. The van der Waals surface area contributed by atoms with Gasteiger partial charge in [0.1, 0.15) is 0 Å². The summed E-state index contributed by atoms with van der Waals surface area (Å²) in [6.45, 7) is 5.00. The van der Waals surface area contributed by atoms with Gasteiger partial charge in [0.25, 0.3) is 0 Å². The Labute approximate surface area is 218 Å². The molecule has 4 aromatic rings. The number of nitrogens with zero attached hydrogens (tertiary/aromatic N) is 6. The molecule has 1 N–H and O–H groups in total. The van der Waals surface area contributed by atoms with Crippen molar-refractivity contribution in [2.24, 2.45) is 5.92 Å². The molecule has 1 saturated carbocycles. The van der Waals surface area contributed by atoms with E-state index in [1.807, 2.05) is 35.0 Å². The number of aryl methyl sites for hydroxylation is 1. The third kappa shape index (κ3) is 5.43. The number of hydrogen-bond donors (Lipinski definition) is 1. The van der Waals surface area contributed by atoms with Crippen molar-refractivity contribution in [3.05, 3.63) is 70.7 Å².